The van der Waals surface area contributed by atoms with Crippen molar-refractivity contribution in [2.24, 2.45) is 11.8 Å². The smallest absolute Gasteiger partial charge is 0.230 e. The summed E-state index contributed by atoms with van der Waals surface area (Å²) in [7, 11) is 0. The molecule has 1 fully saturated rings. The lowest BCUT2D eigenvalue weighted by Gasteiger charge is -2.34. The Morgan fingerprint density at radius 2 is 2.17 bits per heavy atom. The fourth-order valence-electron chi connectivity index (χ4n) is 3.21. The third-order valence-corrected chi connectivity index (χ3v) is 5.79. The molecule has 0 radical (unpaired) electrons. The van der Waals surface area contributed by atoms with Gasteiger partial charge < -0.3 is 5.32 Å². The van der Waals surface area contributed by atoms with Crippen molar-refractivity contribution in [3.8, 4) is 6.07 Å². The molecule has 3 atom stereocenters. The number of carbonyl (C=O) groups excluding carboxylic acids is 1. The summed E-state index contributed by atoms with van der Waals surface area (Å²) in [4.78, 5) is 16.7. The average molecular weight is 331 g/mol. The number of pyridine rings is 1. The molecule has 1 aliphatic carbocycles. The van der Waals surface area contributed by atoms with Crippen molar-refractivity contribution in [1.29, 1.82) is 5.26 Å². The van der Waals surface area contributed by atoms with Crippen LogP contribution in [0.5, 0.6) is 0 Å². The van der Waals surface area contributed by atoms with Crippen molar-refractivity contribution in [1.82, 2.24) is 10.3 Å². The van der Waals surface area contributed by atoms with E-state index < -0.39 is 0 Å². The van der Waals surface area contributed by atoms with Gasteiger partial charge in [0.05, 0.1) is 11.3 Å². The van der Waals surface area contributed by atoms with Crippen LogP contribution in [-0.4, -0.2) is 22.7 Å². The van der Waals surface area contributed by atoms with Gasteiger partial charge in [-0.3, -0.25) is 4.79 Å². The molecule has 5 heteroatoms. The van der Waals surface area contributed by atoms with Gasteiger partial charge in [-0.05, 0) is 43.7 Å². The van der Waals surface area contributed by atoms with E-state index in [0.717, 1.165) is 17.7 Å². The van der Waals surface area contributed by atoms with Gasteiger partial charge in [-0.25, -0.2) is 4.98 Å². The molecule has 0 spiro atoms. The molecule has 1 aliphatic rings. The largest absolute Gasteiger partial charge is 0.352 e. The Bertz CT molecular complexity index is 623. The van der Waals surface area contributed by atoms with Gasteiger partial charge in [0.1, 0.15) is 11.1 Å². The normalized spacial score (nSPS) is 24.0. The zero-order valence-corrected chi connectivity index (χ0v) is 15.2. The number of hydrogen-bond donors (Lipinski definition) is 1. The van der Waals surface area contributed by atoms with Crippen LogP contribution in [0.4, 0.5) is 0 Å². The van der Waals surface area contributed by atoms with Crippen molar-refractivity contribution in [2.75, 3.05) is 5.75 Å². The van der Waals surface area contributed by atoms with Crippen LogP contribution >= 0.6 is 11.8 Å². The molecule has 23 heavy (non-hydrogen) atoms. The quantitative estimate of drug-likeness (QED) is 0.856. The second kappa shape index (κ2) is 7.83. The first-order valence-corrected chi connectivity index (χ1v) is 9.21. The molecule has 2 rings (SSSR count). The number of aryl methyl sites for hydroxylation is 2. The molecule has 1 aromatic rings. The standard InChI is InChI=1S/C18H25N3OS/c1-11-6-5-7-16(14(11)4)21-17(22)10-23-18-15(9-19)12(2)8-13(3)20-18/h8,11,14,16H,5-7,10H2,1-4H3,(H,21,22)/t11-,14-,16+/m0/s1. The van der Waals surface area contributed by atoms with Crippen LogP contribution in [0.1, 0.15) is 49.9 Å². The van der Waals surface area contributed by atoms with Gasteiger partial charge in [0.2, 0.25) is 5.91 Å². The van der Waals surface area contributed by atoms with Crippen molar-refractivity contribution < 1.29 is 4.79 Å². The van der Waals surface area contributed by atoms with E-state index >= 15 is 0 Å². The molecule has 124 valence electrons. The lowest BCUT2D eigenvalue weighted by Crippen LogP contribution is -2.44. The molecule has 1 heterocycles. The Hall–Kier alpha value is -1.54. The molecular formula is C18H25N3OS. The van der Waals surface area contributed by atoms with Crippen molar-refractivity contribution in [3.05, 3.63) is 22.9 Å². The maximum Gasteiger partial charge on any atom is 0.230 e. The predicted octanol–water partition coefficient (Wildman–Crippen LogP) is 3.60. The van der Waals surface area contributed by atoms with Crippen LogP contribution in [0.25, 0.3) is 0 Å². The molecule has 0 aliphatic heterocycles. The number of nitriles is 1. The Morgan fingerprint density at radius 3 is 2.87 bits per heavy atom. The van der Waals surface area contributed by atoms with Crippen LogP contribution in [0.15, 0.2) is 11.1 Å². The molecule has 1 aromatic heterocycles. The number of thioether (sulfide) groups is 1. The van der Waals surface area contributed by atoms with E-state index in [2.05, 4.69) is 30.2 Å². The fraction of sp³-hybridized carbons (Fsp3) is 0.611. The number of rotatable bonds is 4. The first kappa shape index (κ1) is 17.8. The van der Waals surface area contributed by atoms with Gasteiger partial charge in [-0.2, -0.15) is 5.26 Å². The summed E-state index contributed by atoms with van der Waals surface area (Å²) >= 11 is 1.35. The number of hydrogen-bond acceptors (Lipinski definition) is 4. The molecule has 0 aromatic carbocycles. The van der Waals surface area contributed by atoms with Gasteiger partial charge in [0.25, 0.3) is 0 Å². The maximum atomic E-state index is 12.3. The zero-order valence-electron chi connectivity index (χ0n) is 14.3. The monoisotopic (exact) mass is 331 g/mol. The van der Waals surface area contributed by atoms with Gasteiger partial charge >= 0.3 is 0 Å². The average Bonchev–Trinajstić information content (AvgIpc) is 2.49. The summed E-state index contributed by atoms with van der Waals surface area (Å²) < 4.78 is 0. The first-order valence-electron chi connectivity index (χ1n) is 8.23. The highest BCUT2D eigenvalue weighted by molar-refractivity contribution is 8.00. The molecule has 1 amide bonds. The molecular weight excluding hydrogens is 306 g/mol. The van der Waals surface area contributed by atoms with E-state index in [9.17, 15) is 10.1 Å². The highest BCUT2D eigenvalue weighted by atomic mass is 32.2. The minimum atomic E-state index is 0.0331. The highest BCUT2D eigenvalue weighted by Gasteiger charge is 2.28. The second-order valence-electron chi connectivity index (χ2n) is 6.60. The topological polar surface area (TPSA) is 65.8 Å². The summed E-state index contributed by atoms with van der Waals surface area (Å²) in [5.41, 5.74) is 2.37. The minimum Gasteiger partial charge on any atom is -0.352 e. The molecule has 4 nitrogen and oxygen atoms in total. The lowest BCUT2D eigenvalue weighted by atomic mass is 9.78. The molecule has 0 saturated heterocycles. The third-order valence-electron chi connectivity index (χ3n) is 4.82. The van der Waals surface area contributed by atoms with E-state index in [1.165, 1.54) is 24.6 Å². The van der Waals surface area contributed by atoms with Crippen LogP contribution < -0.4 is 5.32 Å². The molecule has 1 N–H and O–H groups in total. The SMILES string of the molecule is Cc1cc(C)c(C#N)c(SCC(=O)N[C@@H]2CCC[C@H](C)[C@@H]2C)n1. The third kappa shape index (κ3) is 4.48. The number of carbonyl (C=O) groups is 1. The van der Waals surface area contributed by atoms with E-state index in [1.54, 1.807) is 0 Å². The Balaban J connectivity index is 1.96. The summed E-state index contributed by atoms with van der Waals surface area (Å²) in [6.07, 6.45) is 3.49. The molecule has 0 unspecified atom stereocenters. The number of amides is 1. The van der Waals surface area contributed by atoms with Crippen molar-refractivity contribution in [3.63, 3.8) is 0 Å². The summed E-state index contributed by atoms with van der Waals surface area (Å²) in [6, 6.07) is 4.36. The summed E-state index contributed by atoms with van der Waals surface area (Å²) in [6.45, 7) is 8.30. The Labute approximate surface area is 143 Å². The van der Waals surface area contributed by atoms with Crippen LogP contribution in [0.3, 0.4) is 0 Å². The lowest BCUT2D eigenvalue weighted by molar-refractivity contribution is -0.119. The summed E-state index contributed by atoms with van der Waals surface area (Å²) in [5, 5.41) is 13.1. The fourth-order valence-corrected chi connectivity index (χ4v) is 4.12. The molecule has 1 saturated carbocycles. The van der Waals surface area contributed by atoms with Gasteiger partial charge in [-0.15, -0.1) is 0 Å². The summed E-state index contributed by atoms with van der Waals surface area (Å²) in [5.74, 6) is 1.52. The van der Waals surface area contributed by atoms with E-state index in [0.29, 0.717) is 28.2 Å². The van der Waals surface area contributed by atoms with Crippen LogP contribution in [0.2, 0.25) is 0 Å². The van der Waals surface area contributed by atoms with Gasteiger partial charge in [0.15, 0.2) is 0 Å². The van der Waals surface area contributed by atoms with Crippen LogP contribution in [-0.2, 0) is 4.79 Å². The maximum absolute atomic E-state index is 12.3. The van der Waals surface area contributed by atoms with Crippen molar-refractivity contribution in [2.45, 2.75) is 58.0 Å². The van der Waals surface area contributed by atoms with Crippen molar-refractivity contribution >= 4 is 17.7 Å². The van der Waals surface area contributed by atoms with Gasteiger partial charge in [0, 0.05) is 11.7 Å². The zero-order chi connectivity index (χ0) is 17.0. The van der Waals surface area contributed by atoms with E-state index in [1.807, 2.05) is 19.9 Å². The van der Waals surface area contributed by atoms with E-state index in [-0.39, 0.29) is 11.9 Å². The number of aromatic nitrogens is 1. The van der Waals surface area contributed by atoms with E-state index in [4.69, 9.17) is 0 Å². The first-order chi connectivity index (χ1) is 10.9. The second-order valence-corrected chi connectivity index (χ2v) is 7.57. The van der Waals surface area contributed by atoms with Crippen LogP contribution in [0, 0.1) is 37.0 Å². The minimum absolute atomic E-state index is 0.0331. The predicted molar refractivity (Wildman–Crippen MR) is 93.3 cm³/mol. The number of nitrogens with one attached hydrogen (secondary N) is 1. The Kier molecular flexibility index (Phi) is 6.06. The number of nitrogens with zero attached hydrogens (tertiary/aromatic N) is 2. The highest BCUT2D eigenvalue weighted by Crippen LogP contribution is 2.30. The molecule has 0 bridgehead atoms. The Morgan fingerprint density at radius 1 is 1.43 bits per heavy atom. The van der Waals surface area contributed by atoms with Gasteiger partial charge in [-0.1, -0.05) is 38.5 Å².